The summed E-state index contributed by atoms with van der Waals surface area (Å²) in [5.41, 5.74) is 1.18. The first-order chi connectivity index (χ1) is 12.3. The summed E-state index contributed by atoms with van der Waals surface area (Å²) < 4.78 is 11.1. The molecule has 6 nitrogen and oxygen atoms in total. The fourth-order valence-corrected chi connectivity index (χ4v) is 2.76. The van der Waals surface area contributed by atoms with Crippen LogP contribution in [0.5, 0.6) is 5.88 Å². The molecule has 6 heteroatoms. The molecule has 0 spiro atoms. The lowest BCUT2D eigenvalue weighted by Crippen LogP contribution is -2.33. The van der Waals surface area contributed by atoms with Crippen LogP contribution in [-0.2, 0) is 4.74 Å². The number of anilines is 1. The van der Waals surface area contributed by atoms with Gasteiger partial charge in [0.15, 0.2) is 0 Å². The Kier molecular flexibility index (Phi) is 5.98. The second-order valence-electron chi connectivity index (χ2n) is 5.85. The molecule has 1 aromatic carbocycles. The third kappa shape index (κ3) is 4.55. The van der Waals surface area contributed by atoms with Crippen LogP contribution in [0.1, 0.15) is 23.2 Å². The third-order valence-corrected chi connectivity index (χ3v) is 4.06. The molecule has 0 aliphatic carbocycles. The Hall–Kier alpha value is -2.44. The van der Waals surface area contributed by atoms with Gasteiger partial charge in [-0.15, -0.1) is 0 Å². The van der Waals surface area contributed by atoms with Gasteiger partial charge in [0.1, 0.15) is 6.61 Å². The summed E-state index contributed by atoms with van der Waals surface area (Å²) in [5.74, 6) is 0.263. The fourth-order valence-electron chi connectivity index (χ4n) is 2.76. The molecule has 2 aromatic rings. The zero-order valence-electron chi connectivity index (χ0n) is 14.0. The second-order valence-corrected chi connectivity index (χ2v) is 5.85. The summed E-state index contributed by atoms with van der Waals surface area (Å²) in [5, 5.41) is 9.27. The molecule has 1 fully saturated rings. The minimum atomic E-state index is -0.210. The first-order valence-corrected chi connectivity index (χ1v) is 8.46. The summed E-state index contributed by atoms with van der Waals surface area (Å²) in [4.78, 5) is 18.5. The van der Waals surface area contributed by atoms with Crippen molar-refractivity contribution < 1.29 is 19.4 Å². The highest BCUT2D eigenvalue weighted by molar-refractivity contribution is 6.05. The SMILES string of the molecule is O=C(c1ccc(OC[C@H]2CCCO2)nc1)N(CCO)c1ccccc1. The number of nitrogens with zero attached hydrogens (tertiary/aromatic N) is 2. The number of hydrogen-bond acceptors (Lipinski definition) is 5. The maximum absolute atomic E-state index is 12.7. The molecule has 0 saturated carbocycles. The van der Waals surface area contributed by atoms with Gasteiger partial charge in [0.05, 0.1) is 18.3 Å². The van der Waals surface area contributed by atoms with Crippen LogP contribution in [0.15, 0.2) is 48.7 Å². The van der Waals surface area contributed by atoms with Gasteiger partial charge < -0.3 is 19.5 Å². The van der Waals surface area contributed by atoms with E-state index in [9.17, 15) is 9.90 Å². The van der Waals surface area contributed by atoms with Crippen LogP contribution < -0.4 is 9.64 Å². The van der Waals surface area contributed by atoms with Crippen molar-refractivity contribution in [2.24, 2.45) is 0 Å². The van der Waals surface area contributed by atoms with E-state index >= 15 is 0 Å². The highest BCUT2D eigenvalue weighted by Gasteiger charge is 2.19. The van der Waals surface area contributed by atoms with Crippen molar-refractivity contribution in [3.05, 3.63) is 54.2 Å². The summed E-state index contributed by atoms with van der Waals surface area (Å²) in [6.07, 6.45) is 3.69. The van der Waals surface area contributed by atoms with E-state index in [0.717, 1.165) is 25.1 Å². The maximum Gasteiger partial charge on any atom is 0.259 e. The fraction of sp³-hybridized carbons (Fsp3) is 0.368. The summed E-state index contributed by atoms with van der Waals surface area (Å²) in [7, 11) is 0. The number of benzene rings is 1. The van der Waals surface area contributed by atoms with Gasteiger partial charge >= 0.3 is 0 Å². The van der Waals surface area contributed by atoms with Crippen LogP contribution in [0.25, 0.3) is 0 Å². The van der Waals surface area contributed by atoms with Gasteiger partial charge in [0.2, 0.25) is 5.88 Å². The van der Waals surface area contributed by atoms with Gasteiger partial charge in [-0.05, 0) is 31.0 Å². The number of aromatic nitrogens is 1. The van der Waals surface area contributed by atoms with Crippen LogP contribution in [0.3, 0.4) is 0 Å². The zero-order chi connectivity index (χ0) is 17.5. The number of hydrogen-bond donors (Lipinski definition) is 1. The predicted octanol–water partition coefficient (Wildman–Crippen LogP) is 2.28. The quantitative estimate of drug-likeness (QED) is 0.836. The van der Waals surface area contributed by atoms with Crippen molar-refractivity contribution in [1.29, 1.82) is 0 Å². The van der Waals surface area contributed by atoms with Crippen molar-refractivity contribution >= 4 is 11.6 Å². The van der Waals surface area contributed by atoms with E-state index in [1.807, 2.05) is 30.3 Å². The molecule has 1 aromatic heterocycles. The minimum absolute atomic E-state index is 0.114. The molecule has 1 saturated heterocycles. The van der Waals surface area contributed by atoms with E-state index in [1.54, 1.807) is 12.1 Å². The predicted molar refractivity (Wildman–Crippen MR) is 93.9 cm³/mol. The van der Waals surface area contributed by atoms with Crippen LogP contribution in [0, 0.1) is 0 Å². The van der Waals surface area contributed by atoms with Crippen molar-refractivity contribution in [3.8, 4) is 5.88 Å². The average Bonchev–Trinajstić information content (AvgIpc) is 3.19. The summed E-state index contributed by atoms with van der Waals surface area (Å²) in [6, 6.07) is 12.6. The number of carbonyl (C=O) groups excluding carboxylic acids is 1. The number of pyridine rings is 1. The Morgan fingerprint density at radius 1 is 1.28 bits per heavy atom. The largest absolute Gasteiger partial charge is 0.475 e. The van der Waals surface area contributed by atoms with Gasteiger partial charge in [-0.1, -0.05) is 18.2 Å². The maximum atomic E-state index is 12.7. The Morgan fingerprint density at radius 3 is 2.76 bits per heavy atom. The molecule has 1 N–H and O–H groups in total. The number of para-hydroxylation sites is 1. The van der Waals surface area contributed by atoms with Crippen LogP contribution in [0.2, 0.25) is 0 Å². The molecule has 2 heterocycles. The van der Waals surface area contributed by atoms with E-state index in [-0.39, 0.29) is 25.2 Å². The topological polar surface area (TPSA) is 71.9 Å². The van der Waals surface area contributed by atoms with Crippen LogP contribution >= 0.6 is 0 Å². The molecule has 0 bridgehead atoms. The van der Waals surface area contributed by atoms with E-state index in [0.29, 0.717) is 18.1 Å². The van der Waals surface area contributed by atoms with Crippen LogP contribution in [0.4, 0.5) is 5.69 Å². The Morgan fingerprint density at radius 2 is 2.12 bits per heavy atom. The molecule has 25 heavy (non-hydrogen) atoms. The lowest BCUT2D eigenvalue weighted by molar-refractivity contribution is 0.0663. The van der Waals surface area contributed by atoms with Gasteiger partial charge in [-0.25, -0.2) is 4.98 Å². The highest BCUT2D eigenvalue weighted by Crippen LogP contribution is 2.18. The van der Waals surface area contributed by atoms with Crippen molar-refractivity contribution in [2.45, 2.75) is 18.9 Å². The molecule has 132 valence electrons. The normalized spacial score (nSPS) is 16.6. The molecule has 1 atom stereocenters. The molecular formula is C19H22N2O4. The molecule has 1 aliphatic heterocycles. The Balaban J connectivity index is 1.66. The lowest BCUT2D eigenvalue weighted by atomic mass is 10.2. The Bertz CT molecular complexity index is 670. The number of aliphatic hydroxyl groups excluding tert-OH is 1. The van der Waals surface area contributed by atoms with Gasteiger partial charge in [-0.3, -0.25) is 4.79 Å². The lowest BCUT2D eigenvalue weighted by Gasteiger charge is -2.22. The number of ether oxygens (including phenoxy) is 2. The van der Waals surface area contributed by atoms with Gasteiger partial charge in [0.25, 0.3) is 5.91 Å². The van der Waals surface area contributed by atoms with Gasteiger partial charge in [0, 0.05) is 31.1 Å². The zero-order valence-corrected chi connectivity index (χ0v) is 14.0. The third-order valence-electron chi connectivity index (χ3n) is 4.06. The monoisotopic (exact) mass is 342 g/mol. The van der Waals surface area contributed by atoms with Crippen molar-refractivity contribution in [2.75, 3.05) is 31.3 Å². The summed E-state index contributed by atoms with van der Waals surface area (Å²) >= 11 is 0. The summed E-state index contributed by atoms with van der Waals surface area (Å²) in [6.45, 7) is 1.37. The van der Waals surface area contributed by atoms with E-state index in [4.69, 9.17) is 9.47 Å². The molecule has 3 rings (SSSR count). The number of rotatable bonds is 7. The first kappa shape index (κ1) is 17.4. The standard InChI is InChI=1S/C19H22N2O4/c22-11-10-21(16-5-2-1-3-6-16)19(23)15-8-9-18(20-13-15)25-14-17-7-4-12-24-17/h1-3,5-6,8-9,13,17,22H,4,7,10-12,14H2/t17-/m1/s1. The van der Waals surface area contributed by atoms with Crippen molar-refractivity contribution in [3.63, 3.8) is 0 Å². The molecule has 1 amide bonds. The highest BCUT2D eigenvalue weighted by atomic mass is 16.5. The molecule has 0 unspecified atom stereocenters. The number of amides is 1. The number of carbonyl (C=O) groups is 1. The minimum Gasteiger partial charge on any atom is -0.475 e. The van der Waals surface area contributed by atoms with E-state index in [2.05, 4.69) is 4.98 Å². The smallest absolute Gasteiger partial charge is 0.259 e. The second kappa shape index (κ2) is 8.60. The number of aliphatic hydroxyl groups is 1. The molecule has 1 aliphatic rings. The van der Waals surface area contributed by atoms with E-state index < -0.39 is 0 Å². The first-order valence-electron chi connectivity index (χ1n) is 8.46. The van der Waals surface area contributed by atoms with Crippen molar-refractivity contribution in [1.82, 2.24) is 4.98 Å². The van der Waals surface area contributed by atoms with Gasteiger partial charge in [-0.2, -0.15) is 0 Å². The average molecular weight is 342 g/mol. The van der Waals surface area contributed by atoms with E-state index in [1.165, 1.54) is 11.1 Å². The van der Waals surface area contributed by atoms with Crippen LogP contribution in [-0.4, -0.2) is 48.5 Å². The Labute approximate surface area is 147 Å². The molecule has 0 radical (unpaired) electrons. The molecular weight excluding hydrogens is 320 g/mol.